The third-order valence-corrected chi connectivity index (χ3v) is 9.58. The van der Waals surface area contributed by atoms with Crippen LogP contribution in [0.4, 0.5) is 17.1 Å². The van der Waals surface area contributed by atoms with Crippen molar-refractivity contribution in [1.29, 1.82) is 0 Å². The van der Waals surface area contributed by atoms with E-state index >= 15 is 0 Å². The molecule has 5 aromatic carbocycles. The van der Waals surface area contributed by atoms with E-state index in [4.69, 9.17) is 14.1 Å². The summed E-state index contributed by atoms with van der Waals surface area (Å²) in [5, 5.41) is 4.26. The maximum absolute atomic E-state index is 6.59. The molecule has 0 aliphatic carbocycles. The van der Waals surface area contributed by atoms with Crippen LogP contribution in [0.1, 0.15) is 47.1 Å². The van der Waals surface area contributed by atoms with Gasteiger partial charge in [0, 0.05) is 66.4 Å². The number of aromatic nitrogens is 2. The standard InChI is InChI=1S/C44H37N4O2.Pt/c1-43(2,3)28-22-23-45-40(24-28)48-38-26-31(18-19-32(38)34-20-21-35-33-14-7-10-17-39(33)50-42(35)41(34)48)49-30-13-11-12-29(25-30)46-27-47(44(4,5)6)37-16-9-8-15-36(37)46;/h7-24,27H,1-6H3;/q-3;. The fourth-order valence-corrected chi connectivity index (χ4v) is 7.07. The van der Waals surface area contributed by atoms with Crippen LogP contribution in [-0.2, 0) is 26.5 Å². The third-order valence-electron chi connectivity index (χ3n) is 9.58. The van der Waals surface area contributed by atoms with Gasteiger partial charge in [0.15, 0.2) is 5.58 Å². The monoisotopic (exact) mass is 848 g/mol. The smallest absolute Gasteiger partial charge is 0.158 e. The van der Waals surface area contributed by atoms with Gasteiger partial charge in [-0.2, -0.15) is 18.8 Å². The number of hydrogen-bond donors (Lipinski definition) is 0. The molecule has 0 saturated carbocycles. The van der Waals surface area contributed by atoms with Crippen LogP contribution in [0.3, 0.4) is 0 Å². The Morgan fingerprint density at radius 1 is 0.706 bits per heavy atom. The molecule has 0 amide bonds. The first kappa shape index (κ1) is 33.1. The quantitative estimate of drug-likeness (QED) is 0.165. The molecule has 0 radical (unpaired) electrons. The first-order valence-corrected chi connectivity index (χ1v) is 17.0. The Hall–Kier alpha value is -5.06. The SMILES string of the molecule is CC(C)(C)c1ccnc(-n2c3[c-]c(Oc4[c-]c(N5[CH-]N(C(C)(C)C)c6ccccc65)ccc4)ccc3c3ccc4c5ccccc5oc4c32)c1.[Pt]. The van der Waals surface area contributed by atoms with Crippen molar-refractivity contribution < 1.29 is 30.2 Å². The van der Waals surface area contributed by atoms with E-state index in [1.54, 1.807) is 0 Å². The minimum Gasteiger partial charge on any atom is -0.509 e. The van der Waals surface area contributed by atoms with Crippen molar-refractivity contribution in [3.05, 3.63) is 134 Å². The van der Waals surface area contributed by atoms with E-state index in [0.717, 1.165) is 66.6 Å². The zero-order chi connectivity index (χ0) is 34.4. The first-order valence-electron chi connectivity index (χ1n) is 17.0. The fraction of sp³-hybridized carbons (Fsp3) is 0.182. The van der Waals surface area contributed by atoms with Gasteiger partial charge in [0.1, 0.15) is 11.4 Å². The summed E-state index contributed by atoms with van der Waals surface area (Å²) < 4.78 is 15.3. The molecular weight excluding hydrogens is 812 g/mol. The second-order valence-corrected chi connectivity index (χ2v) is 15.0. The van der Waals surface area contributed by atoms with Gasteiger partial charge in [-0.15, -0.1) is 41.4 Å². The molecule has 7 heteroatoms. The Balaban J connectivity index is 0.00000374. The minimum absolute atomic E-state index is 0. The molecule has 51 heavy (non-hydrogen) atoms. The van der Waals surface area contributed by atoms with E-state index in [1.807, 2.05) is 36.5 Å². The molecule has 4 heterocycles. The maximum atomic E-state index is 6.59. The van der Waals surface area contributed by atoms with Crippen LogP contribution in [0.25, 0.3) is 49.6 Å². The Morgan fingerprint density at radius 3 is 2.24 bits per heavy atom. The van der Waals surface area contributed by atoms with E-state index in [0.29, 0.717) is 11.5 Å². The van der Waals surface area contributed by atoms with Crippen LogP contribution < -0.4 is 14.5 Å². The summed E-state index contributed by atoms with van der Waals surface area (Å²) in [6, 6.07) is 42.5. The summed E-state index contributed by atoms with van der Waals surface area (Å²) in [7, 11) is 0. The second kappa shape index (κ2) is 12.0. The first-order chi connectivity index (χ1) is 24.0. The second-order valence-electron chi connectivity index (χ2n) is 15.0. The van der Waals surface area contributed by atoms with Crippen LogP contribution in [0.5, 0.6) is 11.5 Å². The maximum Gasteiger partial charge on any atom is 0.158 e. The largest absolute Gasteiger partial charge is 0.509 e. The summed E-state index contributed by atoms with van der Waals surface area (Å²) in [6.45, 7) is 15.4. The Bertz CT molecular complexity index is 2610. The van der Waals surface area contributed by atoms with Crippen molar-refractivity contribution in [3.8, 4) is 17.3 Å². The van der Waals surface area contributed by atoms with Gasteiger partial charge < -0.3 is 23.5 Å². The summed E-state index contributed by atoms with van der Waals surface area (Å²) in [5.41, 5.74) is 7.72. The molecule has 8 aromatic rings. The van der Waals surface area contributed by atoms with Gasteiger partial charge in [-0.1, -0.05) is 68.8 Å². The molecule has 0 spiro atoms. The molecule has 0 bridgehead atoms. The number of nitrogens with zero attached hydrogens (tertiary/aromatic N) is 4. The molecule has 0 saturated heterocycles. The van der Waals surface area contributed by atoms with Crippen molar-refractivity contribution in [2.45, 2.75) is 52.5 Å². The number of para-hydroxylation sites is 3. The van der Waals surface area contributed by atoms with Crippen molar-refractivity contribution in [1.82, 2.24) is 9.55 Å². The molecule has 0 N–H and O–H groups in total. The third kappa shape index (κ3) is 5.48. The number of rotatable bonds is 4. The number of hydrogen-bond acceptors (Lipinski definition) is 5. The van der Waals surface area contributed by atoms with Gasteiger partial charge >= 0.3 is 0 Å². The molecular formula is C44H37N4O2Pt-3. The summed E-state index contributed by atoms with van der Waals surface area (Å²) >= 11 is 0. The Labute approximate surface area is 312 Å². The summed E-state index contributed by atoms with van der Waals surface area (Å²) in [5.74, 6) is 2.00. The number of benzene rings is 5. The average Bonchev–Trinajstić information content (AvgIpc) is 3.78. The molecule has 1 aliphatic rings. The van der Waals surface area contributed by atoms with E-state index in [9.17, 15) is 0 Å². The van der Waals surface area contributed by atoms with E-state index < -0.39 is 0 Å². The summed E-state index contributed by atoms with van der Waals surface area (Å²) in [4.78, 5) is 9.38. The molecule has 0 unspecified atom stereocenters. The van der Waals surface area contributed by atoms with Crippen molar-refractivity contribution >= 4 is 60.8 Å². The number of furan rings is 1. The van der Waals surface area contributed by atoms with Crippen molar-refractivity contribution in [2.24, 2.45) is 0 Å². The zero-order valence-electron chi connectivity index (χ0n) is 29.4. The average molecular weight is 849 g/mol. The van der Waals surface area contributed by atoms with Gasteiger partial charge in [0.2, 0.25) is 0 Å². The van der Waals surface area contributed by atoms with Crippen LogP contribution in [0.15, 0.2) is 114 Å². The van der Waals surface area contributed by atoms with Crippen molar-refractivity contribution in [3.63, 3.8) is 0 Å². The molecule has 6 nitrogen and oxygen atoms in total. The molecule has 0 atom stereocenters. The molecule has 9 rings (SSSR count). The predicted octanol–water partition coefficient (Wildman–Crippen LogP) is 11.6. The minimum atomic E-state index is -0.0863. The Morgan fingerprint density at radius 2 is 1.43 bits per heavy atom. The number of fused-ring (bicyclic) bond motifs is 8. The summed E-state index contributed by atoms with van der Waals surface area (Å²) in [6.07, 6.45) is 1.89. The van der Waals surface area contributed by atoms with Crippen LogP contribution in [-0.4, -0.2) is 15.1 Å². The Kier molecular flexibility index (Phi) is 7.81. The van der Waals surface area contributed by atoms with Crippen molar-refractivity contribution in [2.75, 3.05) is 9.80 Å². The number of ether oxygens (including phenoxy) is 1. The van der Waals surface area contributed by atoms with E-state index in [1.165, 1.54) is 5.56 Å². The van der Waals surface area contributed by atoms with Crippen LogP contribution >= 0.6 is 0 Å². The van der Waals surface area contributed by atoms with Gasteiger partial charge in [-0.25, -0.2) is 4.98 Å². The fourth-order valence-electron chi connectivity index (χ4n) is 7.07. The normalized spacial score (nSPS) is 13.4. The van der Waals surface area contributed by atoms with Gasteiger partial charge in [0.05, 0.1) is 5.52 Å². The molecule has 0 fully saturated rings. The zero-order valence-corrected chi connectivity index (χ0v) is 31.7. The van der Waals surface area contributed by atoms with Crippen LogP contribution in [0.2, 0.25) is 0 Å². The topological polar surface area (TPSA) is 46.7 Å². The van der Waals surface area contributed by atoms with Gasteiger partial charge in [-0.3, -0.25) is 0 Å². The van der Waals surface area contributed by atoms with E-state index in [-0.39, 0.29) is 32.0 Å². The van der Waals surface area contributed by atoms with Gasteiger partial charge in [-0.05, 0) is 67.5 Å². The molecule has 1 aliphatic heterocycles. The number of anilines is 3. The molecule has 3 aromatic heterocycles. The number of pyridine rings is 1. The molecule has 258 valence electrons. The predicted molar refractivity (Wildman–Crippen MR) is 204 cm³/mol. The van der Waals surface area contributed by atoms with E-state index in [2.05, 4.69) is 148 Å². The van der Waals surface area contributed by atoms with Gasteiger partial charge in [0.25, 0.3) is 0 Å². The van der Waals surface area contributed by atoms with Crippen LogP contribution in [0, 0.1) is 18.8 Å².